The highest BCUT2D eigenvalue weighted by Gasteiger charge is 2.40. The van der Waals surface area contributed by atoms with Gasteiger partial charge in [-0.1, -0.05) is 30.3 Å². The number of hydrogen-bond donors (Lipinski definition) is 2. The second kappa shape index (κ2) is 5.26. The molecule has 1 aliphatic carbocycles. The first-order chi connectivity index (χ1) is 9.65. The van der Waals surface area contributed by atoms with E-state index in [0.29, 0.717) is 23.4 Å². The van der Waals surface area contributed by atoms with E-state index in [4.69, 9.17) is 5.73 Å². The minimum absolute atomic E-state index is 0.315. The molecule has 1 aliphatic rings. The van der Waals surface area contributed by atoms with Crippen molar-refractivity contribution < 1.29 is 10.0 Å². The van der Waals surface area contributed by atoms with Gasteiger partial charge in [0.05, 0.1) is 6.54 Å². The van der Waals surface area contributed by atoms with Crippen LogP contribution < -0.4 is 5.73 Å². The lowest BCUT2D eigenvalue weighted by atomic mass is 10.2. The van der Waals surface area contributed by atoms with Crippen LogP contribution in [0.4, 0.5) is 4.79 Å². The van der Waals surface area contributed by atoms with Gasteiger partial charge in [0.2, 0.25) is 0 Å². The third-order valence-electron chi connectivity index (χ3n) is 3.63. The molecule has 1 saturated carbocycles. The molecule has 1 fully saturated rings. The van der Waals surface area contributed by atoms with Crippen LogP contribution in [0.1, 0.15) is 17.2 Å². The lowest BCUT2D eigenvalue weighted by Crippen LogP contribution is -2.34. The van der Waals surface area contributed by atoms with Crippen molar-refractivity contribution in [2.24, 2.45) is 11.7 Å². The van der Waals surface area contributed by atoms with E-state index >= 15 is 0 Å². The number of hydrogen-bond acceptors (Lipinski definition) is 3. The van der Waals surface area contributed by atoms with E-state index in [2.05, 4.69) is 24.3 Å². The average molecular weight is 288 g/mol. The zero-order valence-electron chi connectivity index (χ0n) is 10.9. The second-order valence-electron chi connectivity index (χ2n) is 5.09. The molecule has 104 valence electrons. The molecule has 1 heterocycles. The van der Waals surface area contributed by atoms with Gasteiger partial charge in [0, 0.05) is 9.75 Å². The molecule has 20 heavy (non-hydrogen) atoms. The molecule has 1 aromatic heterocycles. The number of urea groups is 1. The summed E-state index contributed by atoms with van der Waals surface area (Å²) in [6.45, 7) is 0.318. The summed E-state index contributed by atoms with van der Waals surface area (Å²) in [6, 6.07) is 13.8. The van der Waals surface area contributed by atoms with E-state index in [1.807, 2.05) is 18.2 Å². The highest BCUT2D eigenvalue weighted by atomic mass is 32.1. The van der Waals surface area contributed by atoms with Crippen LogP contribution >= 0.6 is 11.3 Å². The maximum Gasteiger partial charge on any atom is 0.338 e. The molecule has 3 N–H and O–H groups in total. The second-order valence-corrected chi connectivity index (χ2v) is 6.21. The van der Waals surface area contributed by atoms with Crippen molar-refractivity contribution in [3.63, 3.8) is 0 Å². The largest absolute Gasteiger partial charge is 0.350 e. The van der Waals surface area contributed by atoms with Gasteiger partial charge >= 0.3 is 6.03 Å². The van der Waals surface area contributed by atoms with Crippen molar-refractivity contribution in [3.8, 4) is 10.4 Å². The van der Waals surface area contributed by atoms with Gasteiger partial charge in [-0.3, -0.25) is 5.21 Å². The Morgan fingerprint density at radius 2 is 2.05 bits per heavy atom. The SMILES string of the molecule is NC(=O)N(O)CC1CC1c1ccc(-c2ccccc2)s1. The molecule has 0 radical (unpaired) electrons. The lowest BCUT2D eigenvalue weighted by Gasteiger charge is -2.10. The van der Waals surface area contributed by atoms with E-state index in [-0.39, 0.29) is 0 Å². The molecule has 0 saturated heterocycles. The smallest absolute Gasteiger partial charge is 0.338 e. The highest BCUT2D eigenvalue weighted by molar-refractivity contribution is 7.15. The maximum absolute atomic E-state index is 10.8. The number of nitrogens with zero attached hydrogens (tertiary/aromatic N) is 1. The Balaban J connectivity index is 1.66. The van der Waals surface area contributed by atoms with Gasteiger partial charge < -0.3 is 5.73 Å². The van der Waals surface area contributed by atoms with Gasteiger partial charge in [-0.15, -0.1) is 11.3 Å². The Labute approximate surface area is 121 Å². The Morgan fingerprint density at radius 3 is 2.75 bits per heavy atom. The summed E-state index contributed by atoms with van der Waals surface area (Å²) in [5.74, 6) is 0.751. The van der Waals surface area contributed by atoms with Crippen LogP contribution in [0.15, 0.2) is 42.5 Å². The zero-order valence-corrected chi connectivity index (χ0v) is 11.7. The van der Waals surface area contributed by atoms with Crippen molar-refractivity contribution >= 4 is 17.4 Å². The number of primary amides is 1. The van der Waals surface area contributed by atoms with E-state index in [1.165, 1.54) is 15.3 Å². The summed E-state index contributed by atoms with van der Waals surface area (Å²) in [5, 5.41) is 9.95. The summed E-state index contributed by atoms with van der Waals surface area (Å²) in [5.41, 5.74) is 6.24. The molecule has 4 nitrogen and oxygen atoms in total. The molecule has 0 bridgehead atoms. The molecule has 1 aromatic carbocycles. The molecule has 2 unspecified atom stereocenters. The summed E-state index contributed by atoms with van der Waals surface area (Å²) in [7, 11) is 0. The minimum atomic E-state index is -0.785. The zero-order chi connectivity index (χ0) is 14.1. The van der Waals surface area contributed by atoms with Gasteiger partial charge in [0.25, 0.3) is 0 Å². The first-order valence-corrected chi connectivity index (χ1v) is 7.38. The molecule has 2 amide bonds. The summed E-state index contributed by atoms with van der Waals surface area (Å²) < 4.78 is 0. The van der Waals surface area contributed by atoms with Crippen LogP contribution in [0.3, 0.4) is 0 Å². The normalized spacial score (nSPS) is 20.6. The Morgan fingerprint density at radius 1 is 1.30 bits per heavy atom. The monoisotopic (exact) mass is 288 g/mol. The third kappa shape index (κ3) is 2.69. The molecule has 3 rings (SSSR count). The van der Waals surface area contributed by atoms with Gasteiger partial charge in [-0.05, 0) is 36.0 Å². The maximum atomic E-state index is 10.8. The average Bonchev–Trinajstić information content (AvgIpc) is 3.03. The minimum Gasteiger partial charge on any atom is -0.350 e. The van der Waals surface area contributed by atoms with Crippen LogP contribution in [-0.4, -0.2) is 22.8 Å². The number of rotatable bonds is 4. The number of nitrogens with two attached hydrogens (primary N) is 1. The quantitative estimate of drug-likeness (QED) is 0.669. The summed E-state index contributed by atoms with van der Waals surface area (Å²) >= 11 is 1.78. The number of benzene rings is 1. The van der Waals surface area contributed by atoms with Gasteiger partial charge in [-0.2, -0.15) is 0 Å². The van der Waals surface area contributed by atoms with E-state index < -0.39 is 6.03 Å². The van der Waals surface area contributed by atoms with E-state index in [9.17, 15) is 10.0 Å². The first kappa shape index (κ1) is 13.1. The molecular formula is C15H16N2O2S. The van der Waals surface area contributed by atoms with E-state index in [0.717, 1.165) is 6.42 Å². The predicted molar refractivity (Wildman–Crippen MR) is 78.7 cm³/mol. The molecule has 2 aromatic rings. The van der Waals surface area contributed by atoms with Gasteiger partial charge in [0.1, 0.15) is 0 Å². The van der Waals surface area contributed by atoms with Crippen LogP contribution in [0, 0.1) is 5.92 Å². The molecular weight excluding hydrogens is 272 g/mol. The van der Waals surface area contributed by atoms with Crippen LogP contribution in [0.2, 0.25) is 0 Å². The van der Waals surface area contributed by atoms with Crippen molar-refractivity contribution in [2.75, 3.05) is 6.54 Å². The topological polar surface area (TPSA) is 66.6 Å². The van der Waals surface area contributed by atoms with Gasteiger partial charge in [0.15, 0.2) is 0 Å². The van der Waals surface area contributed by atoms with Crippen molar-refractivity contribution in [1.82, 2.24) is 5.06 Å². The molecule has 2 atom stereocenters. The lowest BCUT2D eigenvalue weighted by molar-refractivity contribution is -0.0431. The van der Waals surface area contributed by atoms with Crippen LogP contribution in [-0.2, 0) is 0 Å². The molecule has 0 aliphatic heterocycles. The Hall–Kier alpha value is -1.85. The van der Waals surface area contributed by atoms with Crippen LogP contribution in [0.5, 0.6) is 0 Å². The number of amides is 2. The van der Waals surface area contributed by atoms with E-state index in [1.54, 1.807) is 11.3 Å². The number of hydroxylamine groups is 2. The third-order valence-corrected chi connectivity index (χ3v) is 4.90. The standard InChI is InChI=1S/C15H16N2O2S/c16-15(18)17(19)9-11-8-12(11)14-7-6-13(20-14)10-4-2-1-3-5-10/h1-7,11-12,19H,8-9H2,(H2,16,18). The Bertz CT molecular complexity index is 611. The Kier molecular flexibility index (Phi) is 3.46. The summed E-state index contributed by atoms with van der Waals surface area (Å²) in [6.07, 6.45) is 0.999. The number of thiophene rings is 1. The van der Waals surface area contributed by atoms with Crippen molar-refractivity contribution in [2.45, 2.75) is 12.3 Å². The molecule has 5 heteroatoms. The molecule has 0 spiro atoms. The van der Waals surface area contributed by atoms with Crippen molar-refractivity contribution in [3.05, 3.63) is 47.3 Å². The fourth-order valence-electron chi connectivity index (χ4n) is 2.42. The van der Waals surface area contributed by atoms with Crippen molar-refractivity contribution in [1.29, 1.82) is 0 Å². The van der Waals surface area contributed by atoms with Gasteiger partial charge in [-0.25, -0.2) is 9.86 Å². The fraction of sp³-hybridized carbons (Fsp3) is 0.267. The predicted octanol–water partition coefficient (Wildman–Crippen LogP) is 3.29. The number of carbonyl (C=O) groups is 1. The fourth-order valence-corrected chi connectivity index (χ4v) is 3.64. The van der Waals surface area contributed by atoms with Crippen LogP contribution in [0.25, 0.3) is 10.4 Å². The first-order valence-electron chi connectivity index (χ1n) is 6.56. The summed E-state index contributed by atoms with van der Waals surface area (Å²) in [4.78, 5) is 13.4. The number of carbonyl (C=O) groups excluding carboxylic acids is 1. The highest BCUT2D eigenvalue weighted by Crippen LogP contribution is 2.50.